The minimum absolute atomic E-state index is 0.303. The van der Waals surface area contributed by atoms with Crippen LogP contribution in [0.5, 0.6) is 0 Å². The van der Waals surface area contributed by atoms with Crippen LogP contribution in [0.15, 0.2) is 12.3 Å². The normalized spacial score (nSPS) is 33.4. The first kappa shape index (κ1) is 5.67. The van der Waals surface area contributed by atoms with Gasteiger partial charge in [0, 0.05) is 17.2 Å². The molecule has 1 rings (SSSR count). The Kier molecular flexibility index (Phi) is 0.905. The molecule has 1 aliphatic rings. The second-order valence-electron chi connectivity index (χ2n) is 3.09. The van der Waals surface area contributed by atoms with Crippen molar-refractivity contribution in [1.29, 1.82) is 0 Å². The first-order chi connectivity index (χ1) is 3.54. The monoisotopic (exact) mass is 111 g/mol. The quantitative estimate of drug-likeness (QED) is 0.499. The summed E-state index contributed by atoms with van der Waals surface area (Å²) < 4.78 is 0. The molecule has 1 atom stereocenters. The Morgan fingerprint density at radius 2 is 2.12 bits per heavy atom. The third-order valence-corrected chi connectivity index (χ3v) is 2.09. The number of hydrogen-bond acceptors (Lipinski definition) is 1. The van der Waals surface area contributed by atoms with Crippen molar-refractivity contribution in [2.24, 2.45) is 5.92 Å². The van der Waals surface area contributed by atoms with Gasteiger partial charge in [0.15, 0.2) is 0 Å². The van der Waals surface area contributed by atoms with Crippen molar-refractivity contribution in [2.45, 2.75) is 26.3 Å². The lowest BCUT2D eigenvalue weighted by atomic mass is 9.79. The van der Waals surface area contributed by atoms with E-state index in [1.807, 2.05) is 0 Å². The fraction of sp³-hybridized carbons (Fsp3) is 0.714. The van der Waals surface area contributed by atoms with Crippen LogP contribution >= 0.6 is 0 Å². The Morgan fingerprint density at radius 1 is 1.62 bits per heavy atom. The molecule has 1 nitrogen and oxygen atoms in total. The Labute approximate surface area is 50.8 Å². The van der Waals surface area contributed by atoms with Gasteiger partial charge in [0.1, 0.15) is 0 Å². The summed E-state index contributed by atoms with van der Waals surface area (Å²) in [6.07, 6.45) is 0. The zero-order valence-corrected chi connectivity index (χ0v) is 5.78. The molecule has 0 amide bonds. The maximum absolute atomic E-state index is 3.83. The molecule has 0 radical (unpaired) electrons. The summed E-state index contributed by atoms with van der Waals surface area (Å²) in [6.45, 7) is 10.4. The van der Waals surface area contributed by atoms with Gasteiger partial charge in [-0.25, -0.2) is 0 Å². The van der Waals surface area contributed by atoms with Crippen LogP contribution in [0.2, 0.25) is 0 Å². The average molecular weight is 111 g/mol. The van der Waals surface area contributed by atoms with E-state index in [0.29, 0.717) is 11.5 Å². The van der Waals surface area contributed by atoms with Crippen LogP contribution in [0, 0.1) is 5.92 Å². The second-order valence-corrected chi connectivity index (χ2v) is 3.09. The van der Waals surface area contributed by atoms with E-state index in [2.05, 4.69) is 32.7 Å². The highest BCUT2D eigenvalue weighted by Crippen LogP contribution is 2.31. The summed E-state index contributed by atoms with van der Waals surface area (Å²) in [6, 6.07) is 0. The molecule has 1 heteroatoms. The number of hydrogen-bond donors (Lipinski definition) is 1. The minimum Gasteiger partial charge on any atom is -0.383 e. The highest BCUT2D eigenvalue weighted by atomic mass is 15.1. The summed E-state index contributed by atoms with van der Waals surface area (Å²) in [5, 5.41) is 3.24. The van der Waals surface area contributed by atoms with Gasteiger partial charge >= 0.3 is 0 Å². The predicted octanol–water partition coefficient (Wildman–Crippen LogP) is 1.52. The van der Waals surface area contributed by atoms with Crippen LogP contribution < -0.4 is 5.32 Å². The van der Waals surface area contributed by atoms with Gasteiger partial charge in [0.2, 0.25) is 0 Å². The van der Waals surface area contributed by atoms with Crippen molar-refractivity contribution in [1.82, 2.24) is 5.32 Å². The molecule has 1 unspecified atom stereocenters. The molecule has 0 aromatic heterocycles. The van der Waals surface area contributed by atoms with Crippen LogP contribution in [0.4, 0.5) is 0 Å². The van der Waals surface area contributed by atoms with Gasteiger partial charge in [0.25, 0.3) is 0 Å². The summed E-state index contributed by atoms with van der Waals surface area (Å²) in [5.41, 5.74) is 1.48. The number of rotatable bonds is 0. The predicted molar refractivity (Wildman–Crippen MR) is 35.5 cm³/mol. The molecule has 8 heavy (non-hydrogen) atoms. The largest absolute Gasteiger partial charge is 0.383 e. The first-order valence-corrected chi connectivity index (χ1v) is 3.01. The molecular weight excluding hydrogens is 98.1 g/mol. The highest BCUT2D eigenvalue weighted by Gasteiger charge is 2.37. The molecule has 0 aromatic carbocycles. The molecule has 1 fully saturated rings. The zero-order valence-electron chi connectivity index (χ0n) is 5.78. The lowest BCUT2D eigenvalue weighted by Gasteiger charge is -2.46. The summed E-state index contributed by atoms with van der Waals surface area (Å²) in [4.78, 5) is 0. The first-order valence-electron chi connectivity index (χ1n) is 3.01. The maximum Gasteiger partial charge on any atom is 0.0394 e. The van der Waals surface area contributed by atoms with Crippen molar-refractivity contribution in [3.8, 4) is 0 Å². The summed E-state index contributed by atoms with van der Waals surface area (Å²) in [5.74, 6) is 0.641. The molecule has 0 saturated carbocycles. The van der Waals surface area contributed by atoms with Crippen molar-refractivity contribution >= 4 is 0 Å². The topological polar surface area (TPSA) is 12.0 Å². The van der Waals surface area contributed by atoms with Gasteiger partial charge in [-0.15, -0.1) is 0 Å². The van der Waals surface area contributed by atoms with Crippen LogP contribution in [0.1, 0.15) is 20.8 Å². The Morgan fingerprint density at radius 3 is 2.12 bits per heavy atom. The molecule has 0 bridgehead atoms. The number of nitrogens with one attached hydrogen (secondary N) is 1. The molecule has 0 aromatic rings. The van der Waals surface area contributed by atoms with E-state index in [0.717, 1.165) is 0 Å². The van der Waals surface area contributed by atoms with E-state index < -0.39 is 0 Å². The second kappa shape index (κ2) is 1.28. The van der Waals surface area contributed by atoms with Crippen molar-refractivity contribution < 1.29 is 0 Å². The Balaban J connectivity index is 2.60. The lowest BCUT2D eigenvalue weighted by molar-refractivity contribution is 0.221. The van der Waals surface area contributed by atoms with Gasteiger partial charge in [-0.1, -0.05) is 13.5 Å². The van der Waals surface area contributed by atoms with Crippen molar-refractivity contribution in [3.63, 3.8) is 0 Å². The van der Waals surface area contributed by atoms with Gasteiger partial charge in [-0.2, -0.15) is 0 Å². The van der Waals surface area contributed by atoms with Crippen molar-refractivity contribution in [2.75, 3.05) is 0 Å². The minimum atomic E-state index is 0.303. The fourth-order valence-electron chi connectivity index (χ4n) is 0.988. The summed E-state index contributed by atoms with van der Waals surface area (Å²) in [7, 11) is 0. The highest BCUT2D eigenvalue weighted by molar-refractivity contribution is 5.18. The van der Waals surface area contributed by atoms with E-state index in [1.165, 1.54) is 5.70 Å². The fourth-order valence-corrected chi connectivity index (χ4v) is 0.988. The van der Waals surface area contributed by atoms with Crippen molar-refractivity contribution in [3.05, 3.63) is 12.3 Å². The standard InChI is InChI=1S/C7H13N/c1-5-6(2)8-7(5,3)4/h5,8H,2H2,1,3-4H3. The van der Waals surface area contributed by atoms with Gasteiger partial charge < -0.3 is 5.32 Å². The molecule has 46 valence electrons. The smallest absolute Gasteiger partial charge is 0.0394 e. The lowest BCUT2D eigenvalue weighted by Crippen LogP contribution is -2.57. The maximum atomic E-state index is 3.83. The van der Waals surface area contributed by atoms with Gasteiger partial charge in [0.05, 0.1) is 0 Å². The van der Waals surface area contributed by atoms with Crippen LogP contribution in [0.3, 0.4) is 0 Å². The summed E-state index contributed by atoms with van der Waals surface area (Å²) >= 11 is 0. The third kappa shape index (κ3) is 0.540. The molecular formula is C7H13N. The van der Waals surface area contributed by atoms with Crippen LogP contribution in [-0.4, -0.2) is 5.54 Å². The van der Waals surface area contributed by atoms with Gasteiger partial charge in [-0.3, -0.25) is 0 Å². The van der Waals surface area contributed by atoms with E-state index in [1.54, 1.807) is 0 Å². The Bertz CT molecular complexity index is 124. The molecule has 0 aliphatic carbocycles. The average Bonchev–Trinajstić information content (AvgIpc) is 1.65. The molecule has 1 aliphatic heterocycles. The van der Waals surface area contributed by atoms with E-state index in [-0.39, 0.29) is 0 Å². The SMILES string of the molecule is C=C1NC(C)(C)C1C. The van der Waals surface area contributed by atoms with Gasteiger partial charge in [-0.05, 0) is 13.8 Å². The van der Waals surface area contributed by atoms with Crippen LogP contribution in [0.25, 0.3) is 0 Å². The van der Waals surface area contributed by atoms with E-state index >= 15 is 0 Å². The molecule has 1 heterocycles. The zero-order chi connectivity index (χ0) is 6.36. The van der Waals surface area contributed by atoms with E-state index in [4.69, 9.17) is 0 Å². The molecule has 0 spiro atoms. The Hall–Kier alpha value is -0.460. The molecule has 1 N–H and O–H groups in total. The van der Waals surface area contributed by atoms with E-state index in [9.17, 15) is 0 Å². The molecule has 1 saturated heterocycles. The van der Waals surface area contributed by atoms with Crippen LogP contribution in [-0.2, 0) is 0 Å². The third-order valence-electron chi connectivity index (χ3n) is 2.09.